The molecule has 0 radical (unpaired) electrons. The van der Waals surface area contributed by atoms with E-state index in [9.17, 15) is 4.79 Å². The second kappa shape index (κ2) is 10.2. The van der Waals surface area contributed by atoms with E-state index in [0.29, 0.717) is 33.0 Å². The third-order valence-electron chi connectivity index (χ3n) is 5.96. The van der Waals surface area contributed by atoms with Crippen molar-refractivity contribution >= 4 is 56.9 Å². The molecule has 0 atom stereocenters. The Hall–Kier alpha value is -4.34. The van der Waals surface area contributed by atoms with E-state index < -0.39 is 0 Å². The summed E-state index contributed by atoms with van der Waals surface area (Å²) in [6.07, 6.45) is 3.39. The van der Waals surface area contributed by atoms with E-state index in [4.69, 9.17) is 20.8 Å². The molecule has 0 spiro atoms. The number of hydrogen-bond acceptors (Lipinski definition) is 7. The third kappa shape index (κ3) is 4.57. The zero-order valence-electron chi connectivity index (χ0n) is 20.1. The Morgan fingerprint density at radius 2 is 1.79 bits per heavy atom. The predicted molar refractivity (Wildman–Crippen MR) is 149 cm³/mol. The van der Waals surface area contributed by atoms with Crippen LogP contribution in [0.25, 0.3) is 39.0 Å². The molecule has 0 saturated carbocycles. The maximum Gasteiger partial charge on any atom is 0.234 e. The number of nitrogens with zero attached hydrogens (tertiary/aromatic N) is 4. The fraction of sp³-hybridized carbons (Fsp3) is 0.0714. The minimum Gasteiger partial charge on any atom is -0.495 e. The van der Waals surface area contributed by atoms with Gasteiger partial charge in [0.2, 0.25) is 5.91 Å². The van der Waals surface area contributed by atoms with Gasteiger partial charge in [-0.05, 0) is 48.5 Å². The highest BCUT2D eigenvalue weighted by molar-refractivity contribution is 7.99. The van der Waals surface area contributed by atoms with Crippen LogP contribution in [0.4, 0.5) is 5.69 Å². The van der Waals surface area contributed by atoms with Gasteiger partial charge in [0.1, 0.15) is 16.9 Å². The summed E-state index contributed by atoms with van der Waals surface area (Å²) in [5, 5.41) is 14.8. The molecule has 0 unspecified atom stereocenters. The number of ether oxygens (including phenoxy) is 1. The van der Waals surface area contributed by atoms with Crippen LogP contribution >= 0.6 is 23.4 Å². The van der Waals surface area contributed by atoms with Gasteiger partial charge in [0.05, 0.1) is 18.6 Å². The minimum absolute atomic E-state index is 0.101. The number of fused-ring (bicyclic) bond motifs is 3. The first-order valence-corrected chi connectivity index (χ1v) is 13.0. The van der Waals surface area contributed by atoms with Crippen LogP contribution < -0.4 is 10.1 Å². The van der Waals surface area contributed by atoms with Gasteiger partial charge in [-0.25, -0.2) is 0 Å². The van der Waals surface area contributed by atoms with Crippen LogP contribution in [0.2, 0.25) is 5.02 Å². The number of rotatable bonds is 7. The highest BCUT2D eigenvalue weighted by atomic mass is 35.5. The molecule has 0 aliphatic carbocycles. The van der Waals surface area contributed by atoms with Crippen molar-refractivity contribution in [3.8, 4) is 22.8 Å². The number of anilines is 1. The number of benzene rings is 3. The maximum absolute atomic E-state index is 13.0. The number of carbonyl (C=O) groups excluding carboxylic acids is 1. The highest BCUT2D eigenvalue weighted by Gasteiger charge is 2.19. The standard InChI is InChI=1S/C28H20ClN5O3S/c1-36-25-14-21-20-4-2-3-5-23(20)37-24(21)15-22(25)31-26(35)16-38-28-33-32-27(17-10-12-30-13-11-17)34(28)19-8-6-18(29)7-9-19/h2-15H,16H2,1H3,(H,31,35). The minimum atomic E-state index is -0.222. The quantitative estimate of drug-likeness (QED) is 0.227. The predicted octanol–water partition coefficient (Wildman–Crippen LogP) is 6.62. The molecule has 1 amide bonds. The van der Waals surface area contributed by atoms with Gasteiger partial charge >= 0.3 is 0 Å². The Bertz CT molecular complexity index is 1770. The van der Waals surface area contributed by atoms with Crippen molar-refractivity contribution in [2.75, 3.05) is 18.2 Å². The largest absolute Gasteiger partial charge is 0.495 e. The lowest BCUT2D eigenvalue weighted by Gasteiger charge is -2.12. The average molecular weight is 542 g/mol. The summed E-state index contributed by atoms with van der Waals surface area (Å²) in [6.45, 7) is 0. The van der Waals surface area contributed by atoms with Crippen LogP contribution in [-0.2, 0) is 4.79 Å². The SMILES string of the molecule is COc1cc2c(cc1NC(=O)CSc1nnc(-c3ccncc3)n1-c1ccc(Cl)cc1)oc1ccccc12. The molecule has 0 bridgehead atoms. The third-order valence-corrected chi connectivity index (χ3v) is 7.14. The summed E-state index contributed by atoms with van der Waals surface area (Å²) < 4.78 is 13.4. The maximum atomic E-state index is 13.0. The molecule has 0 saturated heterocycles. The van der Waals surface area contributed by atoms with E-state index in [1.807, 2.05) is 59.2 Å². The smallest absolute Gasteiger partial charge is 0.234 e. The summed E-state index contributed by atoms with van der Waals surface area (Å²) >= 11 is 7.38. The van der Waals surface area contributed by atoms with Crippen molar-refractivity contribution in [1.82, 2.24) is 19.7 Å². The van der Waals surface area contributed by atoms with Gasteiger partial charge in [0.15, 0.2) is 11.0 Å². The van der Waals surface area contributed by atoms with Crippen LogP contribution in [0.5, 0.6) is 5.75 Å². The van der Waals surface area contributed by atoms with Crippen molar-refractivity contribution in [1.29, 1.82) is 0 Å². The number of furan rings is 1. The Kier molecular flexibility index (Phi) is 6.45. The van der Waals surface area contributed by atoms with Gasteiger partial charge < -0.3 is 14.5 Å². The Balaban J connectivity index is 1.27. The number of amides is 1. The Labute approximate surface area is 226 Å². The number of pyridine rings is 1. The summed E-state index contributed by atoms with van der Waals surface area (Å²) in [5.74, 6) is 1.06. The Morgan fingerprint density at radius 3 is 2.58 bits per heavy atom. The van der Waals surface area contributed by atoms with Gasteiger partial charge in [-0.15, -0.1) is 10.2 Å². The molecular formula is C28H20ClN5O3S. The first kappa shape index (κ1) is 24.0. The van der Waals surface area contributed by atoms with Crippen LogP contribution in [0.15, 0.2) is 94.8 Å². The summed E-state index contributed by atoms with van der Waals surface area (Å²) in [7, 11) is 1.57. The highest BCUT2D eigenvalue weighted by Crippen LogP contribution is 2.36. The number of carbonyl (C=O) groups is 1. The van der Waals surface area contributed by atoms with Crippen molar-refractivity contribution in [3.63, 3.8) is 0 Å². The summed E-state index contributed by atoms with van der Waals surface area (Å²) in [5.41, 5.74) is 3.64. The first-order valence-electron chi connectivity index (χ1n) is 11.6. The topological polar surface area (TPSA) is 95.1 Å². The molecule has 8 nitrogen and oxygen atoms in total. The van der Waals surface area contributed by atoms with Gasteiger partial charge in [-0.3, -0.25) is 14.3 Å². The molecule has 0 aliphatic rings. The monoisotopic (exact) mass is 541 g/mol. The zero-order chi connectivity index (χ0) is 26.1. The molecule has 0 aliphatic heterocycles. The molecule has 188 valence electrons. The summed E-state index contributed by atoms with van der Waals surface area (Å²) in [6, 6.07) is 22.5. The van der Waals surface area contributed by atoms with Crippen LogP contribution in [0.3, 0.4) is 0 Å². The second-order valence-electron chi connectivity index (χ2n) is 8.34. The number of halogens is 1. The van der Waals surface area contributed by atoms with Crippen molar-refractivity contribution in [2.24, 2.45) is 0 Å². The molecule has 1 N–H and O–H groups in total. The molecule has 6 aromatic rings. The lowest BCUT2D eigenvalue weighted by atomic mass is 10.1. The molecular weight excluding hydrogens is 522 g/mol. The normalized spacial score (nSPS) is 11.2. The second-order valence-corrected chi connectivity index (χ2v) is 9.72. The van der Waals surface area contributed by atoms with Gasteiger partial charge in [0, 0.05) is 45.5 Å². The average Bonchev–Trinajstić information content (AvgIpc) is 3.53. The molecule has 38 heavy (non-hydrogen) atoms. The van der Waals surface area contributed by atoms with Gasteiger partial charge in [-0.1, -0.05) is 41.6 Å². The summed E-state index contributed by atoms with van der Waals surface area (Å²) in [4.78, 5) is 17.1. The molecule has 3 heterocycles. The lowest BCUT2D eigenvalue weighted by molar-refractivity contribution is -0.113. The number of para-hydroxylation sites is 1. The Morgan fingerprint density at radius 1 is 1.00 bits per heavy atom. The number of methoxy groups -OCH3 is 1. The van der Waals surface area contributed by atoms with Crippen LogP contribution in [0, 0.1) is 0 Å². The molecule has 6 rings (SSSR count). The van der Waals surface area contributed by atoms with E-state index in [1.54, 1.807) is 37.7 Å². The number of thioether (sulfide) groups is 1. The number of aromatic nitrogens is 4. The molecule has 3 aromatic carbocycles. The van der Waals surface area contributed by atoms with E-state index in [1.165, 1.54) is 11.8 Å². The fourth-order valence-corrected chi connectivity index (χ4v) is 5.09. The first-order chi connectivity index (χ1) is 18.6. The lowest BCUT2D eigenvalue weighted by Crippen LogP contribution is -2.15. The molecule has 3 aromatic heterocycles. The van der Waals surface area contributed by atoms with Crippen molar-refractivity contribution < 1.29 is 13.9 Å². The van der Waals surface area contributed by atoms with Gasteiger partial charge in [-0.2, -0.15) is 0 Å². The van der Waals surface area contributed by atoms with E-state index >= 15 is 0 Å². The van der Waals surface area contributed by atoms with E-state index in [-0.39, 0.29) is 11.7 Å². The molecule has 0 fully saturated rings. The van der Waals surface area contributed by atoms with E-state index in [2.05, 4.69) is 20.5 Å². The van der Waals surface area contributed by atoms with Crippen LogP contribution in [0.1, 0.15) is 0 Å². The number of nitrogens with one attached hydrogen (secondary N) is 1. The van der Waals surface area contributed by atoms with Crippen molar-refractivity contribution in [3.05, 3.63) is 90.2 Å². The zero-order valence-corrected chi connectivity index (χ0v) is 21.7. The number of hydrogen-bond donors (Lipinski definition) is 1. The van der Waals surface area contributed by atoms with Crippen LogP contribution in [-0.4, -0.2) is 38.5 Å². The molecule has 10 heteroatoms. The van der Waals surface area contributed by atoms with Gasteiger partial charge in [0.25, 0.3) is 0 Å². The fourth-order valence-electron chi connectivity index (χ4n) is 4.21. The van der Waals surface area contributed by atoms with Crippen molar-refractivity contribution in [2.45, 2.75) is 5.16 Å². The van der Waals surface area contributed by atoms with E-state index in [0.717, 1.165) is 27.6 Å².